The number of benzene rings is 1. The molecule has 1 heterocycles. The highest BCUT2D eigenvalue weighted by Crippen LogP contribution is 2.17. The summed E-state index contributed by atoms with van der Waals surface area (Å²) in [4.78, 5) is 31.2. The van der Waals surface area contributed by atoms with Crippen molar-refractivity contribution < 1.29 is 22.7 Å². The van der Waals surface area contributed by atoms with Crippen molar-refractivity contribution in [3.05, 3.63) is 47.9 Å². The molecule has 8 nitrogen and oxygen atoms in total. The lowest BCUT2D eigenvalue weighted by Crippen LogP contribution is -2.29. The Bertz CT molecular complexity index is 847. The monoisotopic (exact) mass is 335 g/mol. The average Bonchev–Trinajstić information content (AvgIpc) is 2.53. The highest BCUT2D eigenvalue weighted by atomic mass is 32.2. The van der Waals surface area contributed by atoms with Crippen LogP contribution >= 0.6 is 0 Å². The number of amides is 1. The zero-order valence-corrected chi connectivity index (χ0v) is 13.1. The van der Waals surface area contributed by atoms with Crippen molar-refractivity contribution in [2.45, 2.75) is 0 Å². The van der Waals surface area contributed by atoms with Gasteiger partial charge < -0.3 is 4.74 Å². The van der Waals surface area contributed by atoms with Crippen LogP contribution in [-0.2, 0) is 14.8 Å². The largest absolute Gasteiger partial charge is 0.464 e. The number of aromatic nitrogens is 2. The van der Waals surface area contributed by atoms with Crippen molar-refractivity contribution in [3.63, 3.8) is 0 Å². The van der Waals surface area contributed by atoms with E-state index in [1.165, 1.54) is 31.6 Å². The molecular weight excluding hydrogens is 322 g/mol. The molecule has 0 spiro atoms. The van der Waals surface area contributed by atoms with Gasteiger partial charge in [-0.3, -0.25) is 9.78 Å². The molecule has 120 valence electrons. The number of hydrogen-bond acceptors (Lipinski definition) is 7. The fraction of sp³-hybridized carbons (Fsp3) is 0.143. The maximum absolute atomic E-state index is 11.7. The molecular formula is C14H13N3O5S. The van der Waals surface area contributed by atoms with Gasteiger partial charge in [-0.2, -0.15) is 0 Å². The predicted octanol–water partition coefficient (Wildman–Crippen LogP) is 0.620. The Morgan fingerprint density at radius 3 is 2.35 bits per heavy atom. The number of rotatable bonds is 4. The number of esters is 1. The second-order valence-corrected chi connectivity index (χ2v) is 6.31. The summed E-state index contributed by atoms with van der Waals surface area (Å²) < 4.78 is 28.5. The van der Waals surface area contributed by atoms with Gasteiger partial charge in [-0.25, -0.2) is 22.9 Å². The number of carbonyl (C=O) groups is 2. The summed E-state index contributed by atoms with van der Waals surface area (Å²) in [5.74, 6) is -1.34. The van der Waals surface area contributed by atoms with E-state index in [-0.39, 0.29) is 11.3 Å². The standard InChI is InChI=1S/C14H13N3O5S/c1-22-14(19)12-8-15-7-11(16-12)9-3-5-10(6-4-9)13(18)17-23(2,20)21/h3-8H,1-2H3,(H,17,18). The zero-order chi connectivity index (χ0) is 17.0. The Balaban J connectivity index is 2.26. The first kappa shape index (κ1) is 16.6. The van der Waals surface area contributed by atoms with Crippen LogP contribution in [0.1, 0.15) is 20.8 Å². The summed E-state index contributed by atoms with van der Waals surface area (Å²) in [6, 6.07) is 6.04. The third kappa shape index (κ3) is 4.33. The van der Waals surface area contributed by atoms with Crippen LogP contribution in [0.2, 0.25) is 0 Å². The molecule has 1 aromatic heterocycles. The van der Waals surface area contributed by atoms with Crippen molar-refractivity contribution in [3.8, 4) is 11.3 Å². The van der Waals surface area contributed by atoms with E-state index in [0.29, 0.717) is 11.3 Å². The van der Waals surface area contributed by atoms with Crippen molar-refractivity contribution >= 4 is 21.9 Å². The molecule has 0 bridgehead atoms. The number of methoxy groups -OCH3 is 1. The summed E-state index contributed by atoms with van der Waals surface area (Å²) in [5, 5.41) is 0. The minimum absolute atomic E-state index is 0.0592. The van der Waals surface area contributed by atoms with E-state index in [2.05, 4.69) is 14.7 Å². The maximum Gasteiger partial charge on any atom is 0.358 e. The number of hydrogen-bond donors (Lipinski definition) is 1. The molecule has 0 saturated heterocycles. The van der Waals surface area contributed by atoms with Crippen LogP contribution in [0.3, 0.4) is 0 Å². The molecule has 23 heavy (non-hydrogen) atoms. The normalized spacial score (nSPS) is 10.9. The predicted molar refractivity (Wildman–Crippen MR) is 81.1 cm³/mol. The molecule has 1 amide bonds. The van der Waals surface area contributed by atoms with Crippen LogP contribution in [0.15, 0.2) is 36.7 Å². The Hall–Kier alpha value is -2.81. The Morgan fingerprint density at radius 2 is 1.78 bits per heavy atom. The molecule has 0 unspecified atom stereocenters. The number of sulfonamides is 1. The number of nitrogens with zero attached hydrogens (tertiary/aromatic N) is 2. The fourth-order valence-electron chi connectivity index (χ4n) is 1.73. The van der Waals surface area contributed by atoms with Crippen molar-refractivity contribution in [2.24, 2.45) is 0 Å². The molecule has 0 fully saturated rings. The third-order valence-electron chi connectivity index (χ3n) is 2.75. The summed E-state index contributed by atoms with van der Waals surface area (Å²) in [7, 11) is -2.38. The molecule has 1 N–H and O–H groups in total. The molecule has 9 heteroatoms. The van der Waals surface area contributed by atoms with E-state index in [1.54, 1.807) is 12.1 Å². The van der Waals surface area contributed by atoms with Gasteiger partial charge >= 0.3 is 5.97 Å². The van der Waals surface area contributed by atoms with Crippen molar-refractivity contribution in [2.75, 3.05) is 13.4 Å². The van der Waals surface area contributed by atoms with Gasteiger partial charge in [0.2, 0.25) is 10.0 Å². The molecule has 0 atom stereocenters. The first-order chi connectivity index (χ1) is 10.8. The van der Waals surface area contributed by atoms with Gasteiger partial charge in [0.25, 0.3) is 5.91 Å². The summed E-state index contributed by atoms with van der Waals surface area (Å²) in [6.45, 7) is 0. The van der Waals surface area contributed by atoms with Gasteiger partial charge in [0, 0.05) is 11.1 Å². The Kier molecular flexibility index (Phi) is 4.70. The Labute approximate surface area is 132 Å². The molecule has 0 aliphatic rings. The average molecular weight is 335 g/mol. The summed E-state index contributed by atoms with van der Waals surface area (Å²) in [5.41, 5.74) is 1.27. The molecule has 0 saturated carbocycles. The van der Waals surface area contributed by atoms with E-state index in [9.17, 15) is 18.0 Å². The van der Waals surface area contributed by atoms with Crippen LogP contribution in [0.25, 0.3) is 11.3 Å². The minimum atomic E-state index is -3.63. The van der Waals surface area contributed by atoms with E-state index in [1.807, 2.05) is 4.72 Å². The van der Waals surface area contributed by atoms with E-state index >= 15 is 0 Å². The highest BCUT2D eigenvalue weighted by Gasteiger charge is 2.12. The Morgan fingerprint density at radius 1 is 1.13 bits per heavy atom. The highest BCUT2D eigenvalue weighted by molar-refractivity contribution is 7.89. The van der Waals surface area contributed by atoms with E-state index in [4.69, 9.17) is 0 Å². The van der Waals surface area contributed by atoms with Crippen molar-refractivity contribution in [1.29, 1.82) is 0 Å². The first-order valence-corrected chi connectivity index (χ1v) is 8.22. The van der Waals surface area contributed by atoms with Gasteiger partial charge in [0.1, 0.15) is 0 Å². The third-order valence-corrected chi connectivity index (χ3v) is 3.31. The van der Waals surface area contributed by atoms with Crippen LogP contribution in [0.5, 0.6) is 0 Å². The minimum Gasteiger partial charge on any atom is -0.464 e. The zero-order valence-electron chi connectivity index (χ0n) is 12.3. The molecule has 0 aliphatic carbocycles. The smallest absolute Gasteiger partial charge is 0.358 e. The van der Waals surface area contributed by atoms with Gasteiger partial charge in [-0.1, -0.05) is 12.1 Å². The van der Waals surface area contributed by atoms with Gasteiger partial charge in [-0.15, -0.1) is 0 Å². The van der Waals surface area contributed by atoms with Crippen LogP contribution in [-0.4, -0.2) is 43.6 Å². The SMILES string of the molecule is COC(=O)c1cncc(-c2ccc(C(=O)NS(C)(=O)=O)cc2)n1. The quantitative estimate of drug-likeness (QED) is 0.814. The second-order valence-electron chi connectivity index (χ2n) is 4.56. The second kappa shape index (κ2) is 6.53. The lowest BCUT2D eigenvalue weighted by atomic mass is 10.1. The fourth-order valence-corrected chi connectivity index (χ4v) is 2.18. The lowest BCUT2D eigenvalue weighted by molar-refractivity contribution is 0.0593. The van der Waals surface area contributed by atoms with Crippen LogP contribution < -0.4 is 4.72 Å². The number of carbonyl (C=O) groups excluding carboxylic acids is 2. The summed E-state index contributed by atoms with van der Waals surface area (Å²) in [6.07, 6.45) is 3.63. The molecule has 2 rings (SSSR count). The van der Waals surface area contributed by atoms with E-state index in [0.717, 1.165) is 6.26 Å². The number of ether oxygens (including phenoxy) is 1. The molecule has 2 aromatic rings. The first-order valence-electron chi connectivity index (χ1n) is 6.33. The topological polar surface area (TPSA) is 115 Å². The summed E-state index contributed by atoms with van der Waals surface area (Å²) >= 11 is 0. The van der Waals surface area contributed by atoms with Crippen molar-refractivity contribution in [1.82, 2.24) is 14.7 Å². The van der Waals surface area contributed by atoms with E-state index < -0.39 is 21.9 Å². The van der Waals surface area contributed by atoms with Crippen LogP contribution in [0.4, 0.5) is 0 Å². The van der Waals surface area contributed by atoms with Gasteiger partial charge in [0.05, 0.1) is 31.5 Å². The molecule has 1 aromatic carbocycles. The van der Waals surface area contributed by atoms with Gasteiger partial charge in [-0.05, 0) is 12.1 Å². The molecule has 0 aliphatic heterocycles. The lowest BCUT2D eigenvalue weighted by Gasteiger charge is -2.05. The van der Waals surface area contributed by atoms with Crippen LogP contribution in [0, 0.1) is 0 Å². The molecule has 0 radical (unpaired) electrons. The maximum atomic E-state index is 11.7. The van der Waals surface area contributed by atoms with Gasteiger partial charge in [0.15, 0.2) is 5.69 Å². The number of nitrogens with one attached hydrogen (secondary N) is 1.